The maximum atomic E-state index is 12.5. The number of halogens is 2. The predicted molar refractivity (Wildman–Crippen MR) is 107 cm³/mol. The van der Waals surface area contributed by atoms with Gasteiger partial charge in [0.2, 0.25) is 0 Å². The Labute approximate surface area is 167 Å². The number of carbonyl (C=O) groups excluding carboxylic acids is 1. The lowest BCUT2D eigenvalue weighted by atomic mass is 10.1. The van der Waals surface area contributed by atoms with Crippen LogP contribution in [0.3, 0.4) is 0 Å². The van der Waals surface area contributed by atoms with Crippen LogP contribution in [-0.2, 0) is 13.0 Å². The van der Waals surface area contributed by atoms with Crippen LogP contribution in [0.5, 0.6) is 0 Å². The highest BCUT2D eigenvalue weighted by Crippen LogP contribution is 2.25. The average Bonchev–Trinajstić information content (AvgIpc) is 2.89. The van der Waals surface area contributed by atoms with Crippen LogP contribution >= 0.6 is 23.2 Å². The van der Waals surface area contributed by atoms with E-state index in [1.807, 2.05) is 24.3 Å². The smallest absolute Gasteiger partial charge is 0.255 e. The molecular weight excluding hydrogens is 383 g/mol. The maximum absolute atomic E-state index is 12.5. The number of rotatable bonds is 3. The van der Waals surface area contributed by atoms with E-state index in [1.165, 1.54) is 6.42 Å². The molecule has 0 aliphatic carbocycles. The molecule has 1 aromatic heterocycles. The van der Waals surface area contributed by atoms with Gasteiger partial charge in [0.25, 0.3) is 5.91 Å². The van der Waals surface area contributed by atoms with Crippen LogP contribution in [0.25, 0.3) is 11.4 Å². The Morgan fingerprint density at radius 3 is 2.63 bits per heavy atom. The highest BCUT2D eigenvalue weighted by molar-refractivity contribution is 6.35. The molecule has 1 aliphatic rings. The monoisotopic (exact) mass is 400 g/mol. The number of anilines is 1. The number of aromatic nitrogens is 3. The topological polar surface area (TPSA) is 59.8 Å². The van der Waals surface area contributed by atoms with Gasteiger partial charge in [-0.1, -0.05) is 41.8 Å². The molecule has 0 spiro atoms. The number of hydrogen-bond donors (Lipinski definition) is 1. The summed E-state index contributed by atoms with van der Waals surface area (Å²) in [6, 6.07) is 12.4. The summed E-state index contributed by atoms with van der Waals surface area (Å²) in [6.45, 7) is 0.926. The minimum atomic E-state index is -0.267. The third kappa shape index (κ3) is 3.99. The largest absolute Gasteiger partial charge is 0.322 e. The van der Waals surface area contributed by atoms with E-state index in [-0.39, 0.29) is 5.91 Å². The lowest BCUT2D eigenvalue weighted by Gasteiger charge is -2.10. The summed E-state index contributed by atoms with van der Waals surface area (Å²) >= 11 is 12.0. The predicted octanol–water partition coefficient (Wildman–Crippen LogP) is 5.23. The molecule has 1 N–H and O–H groups in total. The first kappa shape index (κ1) is 18.0. The summed E-state index contributed by atoms with van der Waals surface area (Å²) in [6.07, 6.45) is 4.44. The van der Waals surface area contributed by atoms with Crippen LogP contribution in [0.4, 0.5) is 5.69 Å². The second-order valence-electron chi connectivity index (χ2n) is 6.60. The van der Waals surface area contributed by atoms with E-state index in [0.29, 0.717) is 21.3 Å². The fourth-order valence-electron chi connectivity index (χ4n) is 3.32. The van der Waals surface area contributed by atoms with Crippen LogP contribution in [0.2, 0.25) is 10.0 Å². The summed E-state index contributed by atoms with van der Waals surface area (Å²) < 4.78 is 2.19. The molecule has 0 radical (unpaired) electrons. The highest BCUT2D eigenvalue weighted by atomic mass is 35.5. The van der Waals surface area contributed by atoms with Crippen molar-refractivity contribution in [3.8, 4) is 11.4 Å². The number of aryl methyl sites for hydroxylation is 1. The molecule has 138 valence electrons. The summed E-state index contributed by atoms with van der Waals surface area (Å²) in [5, 5.41) is 12.5. The number of amides is 1. The van der Waals surface area contributed by atoms with Crippen LogP contribution in [0.15, 0.2) is 42.5 Å². The second kappa shape index (κ2) is 7.71. The first-order valence-electron chi connectivity index (χ1n) is 8.90. The number of fused-ring (bicyclic) bond motifs is 1. The van der Waals surface area contributed by atoms with Gasteiger partial charge in [0.05, 0.1) is 0 Å². The fraction of sp³-hybridized carbons (Fsp3) is 0.250. The molecular formula is C20H18Cl2N4O. The normalized spacial score (nSPS) is 13.7. The van der Waals surface area contributed by atoms with Gasteiger partial charge >= 0.3 is 0 Å². The van der Waals surface area contributed by atoms with Gasteiger partial charge in [-0.3, -0.25) is 4.79 Å². The third-order valence-corrected chi connectivity index (χ3v) is 5.05. The molecule has 4 rings (SSSR count). The third-order valence-electron chi connectivity index (χ3n) is 4.61. The minimum absolute atomic E-state index is 0.267. The number of hydrogen-bond acceptors (Lipinski definition) is 3. The zero-order valence-electron chi connectivity index (χ0n) is 14.6. The number of benzene rings is 2. The van der Waals surface area contributed by atoms with E-state index in [1.54, 1.807) is 18.2 Å². The molecule has 2 aromatic carbocycles. The SMILES string of the molecule is O=C(Nc1cccc(-c2nnc3n2CCCCC3)c1)c1cc(Cl)cc(Cl)c1. The minimum Gasteiger partial charge on any atom is -0.322 e. The Balaban J connectivity index is 1.60. The quantitative estimate of drug-likeness (QED) is 0.654. The van der Waals surface area contributed by atoms with Gasteiger partial charge in [0.1, 0.15) is 5.82 Å². The first-order chi connectivity index (χ1) is 13.1. The van der Waals surface area contributed by atoms with Crippen molar-refractivity contribution >= 4 is 34.8 Å². The van der Waals surface area contributed by atoms with E-state index in [0.717, 1.165) is 43.0 Å². The van der Waals surface area contributed by atoms with Crippen molar-refractivity contribution in [1.82, 2.24) is 14.8 Å². The van der Waals surface area contributed by atoms with E-state index in [4.69, 9.17) is 23.2 Å². The van der Waals surface area contributed by atoms with Gasteiger partial charge in [-0.05, 0) is 43.2 Å². The zero-order valence-corrected chi connectivity index (χ0v) is 16.1. The Morgan fingerprint density at radius 2 is 1.81 bits per heavy atom. The van der Waals surface area contributed by atoms with Gasteiger partial charge in [0, 0.05) is 39.8 Å². The fourth-order valence-corrected chi connectivity index (χ4v) is 3.85. The van der Waals surface area contributed by atoms with Crippen LogP contribution < -0.4 is 5.32 Å². The summed E-state index contributed by atoms with van der Waals surface area (Å²) in [7, 11) is 0. The molecule has 0 fully saturated rings. The van der Waals surface area contributed by atoms with Crippen molar-refractivity contribution < 1.29 is 4.79 Å². The van der Waals surface area contributed by atoms with Crippen molar-refractivity contribution in [2.24, 2.45) is 0 Å². The van der Waals surface area contributed by atoms with E-state index in [9.17, 15) is 4.79 Å². The van der Waals surface area contributed by atoms with Crippen LogP contribution in [-0.4, -0.2) is 20.7 Å². The molecule has 1 aliphatic heterocycles. The van der Waals surface area contributed by atoms with Gasteiger partial charge < -0.3 is 9.88 Å². The molecule has 7 heteroatoms. The number of carbonyl (C=O) groups is 1. The van der Waals surface area contributed by atoms with Crippen molar-refractivity contribution in [3.05, 3.63) is 63.9 Å². The summed E-state index contributed by atoms with van der Waals surface area (Å²) in [4.78, 5) is 12.5. The van der Waals surface area contributed by atoms with Crippen molar-refractivity contribution in [3.63, 3.8) is 0 Å². The molecule has 0 saturated carbocycles. The molecule has 0 bridgehead atoms. The molecule has 0 saturated heterocycles. The Kier molecular flexibility index (Phi) is 5.14. The maximum Gasteiger partial charge on any atom is 0.255 e. The standard InChI is InChI=1S/C20H18Cl2N4O/c21-15-9-14(10-16(22)12-15)20(27)23-17-6-4-5-13(11-17)19-25-24-18-7-2-1-3-8-26(18)19/h4-6,9-12H,1-3,7-8H2,(H,23,27). The first-order valence-corrected chi connectivity index (χ1v) is 9.66. The van der Waals surface area contributed by atoms with Crippen LogP contribution in [0.1, 0.15) is 35.4 Å². The molecule has 3 aromatic rings. The Hall–Kier alpha value is -2.37. The number of nitrogens with one attached hydrogen (secondary N) is 1. The van der Waals surface area contributed by atoms with E-state index in [2.05, 4.69) is 20.1 Å². The Morgan fingerprint density at radius 1 is 1.00 bits per heavy atom. The van der Waals surface area contributed by atoms with Crippen molar-refractivity contribution in [2.75, 3.05) is 5.32 Å². The summed E-state index contributed by atoms with van der Waals surface area (Å²) in [5.41, 5.74) is 2.02. The van der Waals surface area contributed by atoms with Gasteiger partial charge in [-0.15, -0.1) is 10.2 Å². The lowest BCUT2D eigenvalue weighted by molar-refractivity contribution is 0.102. The number of nitrogens with zero attached hydrogens (tertiary/aromatic N) is 3. The van der Waals surface area contributed by atoms with Crippen molar-refractivity contribution in [1.29, 1.82) is 0 Å². The second-order valence-corrected chi connectivity index (χ2v) is 7.47. The van der Waals surface area contributed by atoms with Crippen LogP contribution in [0, 0.1) is 0 Å². The molecule has 1 amide bonds. The Bertz CT molecular complexity index is 979. The lowest BCUT2D eigenvalue weighted by Crippen LogP contribution is -2.12. The van der Waals surface area contributed by atoms with E-state index < -0.39 is 0 Å². The summed E-state index contributed by atoms with van der Waals surface area (Å²) in [5.74, 6) is 1.61. The molecule has 27 heavy (non-hydrogen) atoms. The van der Waals surface area contributed by atoms with E-state index >= 15 is 0 Å². The zero-order chi connectivity index (χ0) is 18.8. The van der Waals surface area contributed by atoms with Crippen molar-refractivity contribution in [2.45, 2.75) is 32.2 Å². The van der Waals surface area contributed by atoms with Gasteiger partial charge in [-0.2, -0.15) is 0 Å². The highest BCUT2D eigenvalue weighted by Gasteiger charge is 2.16. The molecule has 0 atom stereocenters. The van der Waals surface area contributed by atoms with Gasteiger partial charge in [-0.25, -0.2) is 0 Å². The molecule has 5 nitrogen and oxygen atoms in total. The average molecular weight is 401 g/mol. The van der Waals surface area contributed by atoms with Gasteiger partial charge in [0.15, 0.2) is 5.82 Å². The molecule has 2 heterocycles. The molecule has 0 unspecified atom stereocenters.